The second-order valence-electron chi connectivity index (χ2n) is 3.28. The molecule has 1 aromatic carbocycles. The van der Waals surface area contributed by atoms with Crippen LogP contribution in [0.25, 0.3) is 0 Å². The summed E-state index contributed by atoms with van der Waals surface area (Å²) < 4.78 is 0. The van der Waals surface area contributed by atoms with Crippen LogP contribution in [0.5, 0.6) is 0 Å². The van der Waals surface area contributed by atoms with Crippen molar-refractivity contribution in [1.29, 1.82) is 0 Å². The number of carbonyl (C=O) groups is 1. The van der Waals surface area contributed by atoms with Gasteiger partial charge in [-0.1, -0.05) is 25.1 Å². The summed E-state index contributed by atoms with van der Waals surface area (Å²) in [5.74, 6) is -0.0687. The number of anilines is 1. The molecule has 0 fully saturated rings. The van der Waals surface area contributed by atoms with Gasteiger partial charge in [-0.2, -0.15) is 0 Å². The number of benzene rings is 1. The maximum Gasteiger partial charge on any atom is 0.221 e. The van der Waals surface area contributed by atoms with Gasteiger partial charge in [-0.25, -0.2) is 0 Å². The molecule has 1 aromatic rings. The van der Waals surface area contributed by atoms with E-state index in [-0.39, 0.29) is 11.9 Å². The Labute approximate surface area is 84.3 Å². The zero-order chi connectivity index (χ0) is 10.6. The van der Waals surface area contributed by atoms with E-state index in [1.807, 2.05) is 31.2 Å². The fourth-order valence-electron chi connectivity index (χ4n) is 1.34. The standard InChI is InChI=1S/C11H16N2O/c1-3-10(12)9-6-4-5-7-11(9)13-8(2)14/h4-7,10H,3,12H2,1-2H3,(H,13,14)/t10-/m0/s1. The van der Waals surface area contributed by atoms with Gasteiger partial charge in [0.15, 0.2) is 0 Å². The van der Waals surface area contributed by atoms with Crippen LogP contribution in [0.15, 0.2) is 24.3 Å². The van der Waals surface area contributed by atoms with E-state index in [0.29, 0.717) is 0 Å². The van der Waals surface area contributed by atoms with Gasteiger partial charge in [0, 0.05) is 18.7 Å². The van der Waals surface area contributed by atoms with Crippen molar-refractivity contribution in [1.82, 2.24) is 0 Å². The van der Waals surface area contributed by atoms with Crippen LogP contribution >= 0.6 is 0 Å². The molecule has 1 amide bonds. The Balaban J connectivity index is 2.96. The molecule has 0 aromatic heterocycles. The summed E-state index contributed by atoms with van der Waals surface area (Å²) in [4.78, 5) is 10.9. The Kier molecular flexibility index (Phi) is 3.65. The molecule has 0 heterocycles. The van der Waals surface area contributed by atoms with E-state index in [0.717, 1.165) is 17.7 Å². The monoisotopic (exact) mass is 192 g/mol. The number of para-hydroxylation sites is 1. The molecule has 0 unspecified atom stereocenters. The summed E-state index contributed by atoms with van der Waals surface area (Å²) in [6, 6.07) is 7.61. The van der Waals surface area contributed by atoms with Gasteiger partial charge in [-0.05, 0) is 18.1 Å². The van der Waals surface area contributed by atoms with Crippen molar-refractivity contribution in [2.45, 2.75) is 26.3 Å². The van der Waals surface area contributed by atoms with E-state index in [2.05, 4.69) is 5.32 Å². The summed E-state index contributed by atoms with van der Waals surface area (Å²) in [6.45, 7) is 3.52. The fraction of sp³-hybridized carbons (Fsp3) is 0.364. The van der Waals surface area contributed by atoms with E-state index < -0.39 is 0 Å². The molecule has 0 spiro atoms. The summed E-state index contributed by atoms with van der Waals surface area (Å²) in [5, 5.41) is 2.77. The number of rotatable bonds is 3. The average Bonchev–Trinajstić information content (AvgIpc) is 2.16. The Morgan fingerprint density at radius 2 is 2.14 bits per heavy atom. The number of carbonyl (C=O) groups excluding carboxylic acids is 1. The maximum absolute atomic E-state index is 10.9. The van der Waals surface area contributed by atoms with Crippen molar-refractivity contribution in [2.75, 3.05) is 5.32 Å². The number of nitrogens with two attached hydrogens (primary N) is 1. The predicted octanol–water partition coefficient (Wildman–Crippen LogP) is 2.05. The summed E-state index contributed by atoms with van der Waals surface area (Å²) in [5.41, 5.74) is 7.72. The van der Waals surface area contributed by atoms with Crippen LogP contribution in [0.3, 0.4) is 0 Å². The molecule has 14 heavy (non-hydrogen) atoms. The third-order valence-corrected chi connectivity index (χ3v) is 2.11. The lowest BCUT2D eigenvalue weighted by atomic mass is 10.0. The Morgan fingerprint density at radius 1 is 1.50 bits per heavy atom. The second kappa shape index (κ2) is 4.77. The highest BCUT2D eigenvalue weighted by atomic mass is 16.1. The molecule has 0 bridgehead atoms. The number of amides is 1. The molecule has 3 heteroatoms. The topological polar surface area (TPSA) is 55.1 Å². The molecular formula is C11H16N2O. The molecule has 76 valence electrons. The van der Waals surface area contributed by atoms with E-state index in [1.54, 1.807) is 0 Å². The quantitative estimate of drug-likeness (QED) is 0.770. The minimum absolute atomic E-state index is 0.0157. The van der Waals surface area contributed by atoms with Gasteiger partial charge < -0.3 is 11.1 Å². The van der Waals surface area contributed by atoms with Gasteiger partial charge in [-0.15, -0.1) is 0 Å². The molecule has 0 aliphatic carbocycles. The zero-order valence-corrected chi connectivity index (χ0v) is 8.58. The predicted molar refractivity (Wildman–Crippen MR) is 58.0 cm³/mol. The lowest BCUT2D eigenvalue weighted by Crippen LogP contribution is -2.14. The molecule has 0 saturated heterocycles. The van der Waals surface area contributed by atoms with Crippen LogP contribution in [0.2, 0.25) is 0 Å². The number of hydrogen-bond donors (Lipinski definition) is 2. The van der Waals surface area contributed by atoms with Crippen LogP contribution in [0.1, 0.15) is 31.9 Å². The van der Waals surface area contributed by atoms with Gasteiger partial charge in [0.2, 0.25) is 5.91 Å². The molecule has 1 rings (SSSR count). The SMILES string of the molecule is CC[C@H](N)c1ccccc1NC(C)=O. The molecular weight excluding hydrogens is 176 g/mol. The van der Waals surface area contributed by atoms with Crippen molar-refractivity contribution in [3.63, 3.8) is 0 Å². The number of hydrogen-bond acceptors (Lipinski definition) is 2. The largest absolute Gasteiger partial charge is 0.326 e. The molecule has 0 aliphatic rings. The Hall–Kier alpha value is -1.35. The van der Waals surface area contributed by atoms with Crippen molar-refractivity contribution < 1.29 is 4.79 Å². The first-order valence-corrected chi connectivity index (χ1v) is 4.77. The first-order chi connectivity index (χ1) is 6.65. The van der Waals surface area contributed by atoms with E-state index in [9.17, 15) is 4.79 Å². The van der Waals surface area contributed by atoms with E-state index in [1.165, 1.54) is 6.92 Å². The van der Waals surface area contributed by atoms with Crippen molar-refractivity contribution in [3.8, 4) is 0 Å². The lowest BCUT2D eigenvalue weighted by Gasteiger charge is -2.14. The van der Waals surface area contributed by atoms with Crippen molar-refractivity contribution in [2.24, 2.45) is 5.73 Å². The molecule has 1 atom stereocenters. The minimum atomic E-state index is -0.0687. The average molecular weight is 192 g/mol. The summed E-state index contributed by atoms with van der Waals surface area (Å²) in [7, 11) is 0. The van der Waals surface area contributed by atoms with Gasteiger partial charge in [0.25, 0.3) is 0 Å². The van der Waals surface area contributed by atoms with Gasteiger partial charge in [-0.3, -0.25) is 4.79 Å². The highest BCUT2D eigenvalue weighted by molar-refractivity contribution is 5.89. The summed E-state index contributed by atoms with van der Waals surface area (Å²) >= 11 is 0. The lowest BCUT2D eigenvalue weighted by molar-refractivity contribution is -0.114. The van der Waals surface area contributed by atoms with Gasteiger partial charge in [0.05, 0.1) is 0 Å². The molecule has 0 saturated carbocycles. The molecule has 3 nitrogen and oxygen atoms in total. The maximum atomic E-state index is 10.9. The third-order valence-electron chi connectivity index (χ3n) is 2.11. The first-order valence-electron chi connectivity index (χ1n) is 4.77. The van der Waals surface area contributed by atoms with Crippen LogP contribution in [0, 0.1) is 0 Å². The van der Waals surface area contributed by atoms with Gasteiger partial charge >= 0.3 is 0 Å². The van der Waals surface area contributed by atoms with Crippen LogP contribution in [0.4, 0.5) is 5.69 Å². The minimum Gasteiger partial charge on any atom is -0.326 e. The first kappa shape index (κ1) is 10.7. The molecule has 0 aliphatic heterocycles. The normalized spacial score (nSPS) is 12.2. The zero-order valence-electron chi connectivity index (χ0n) is 8.58. The smallest absolute Gasteiger partial charge is 0.221 e. The fourth-order valence-corrected chi connectivity index (χ4v) is 1.34. The number of nitrogens with one attached hydrogen (secondary N) is 1. The van der Waals surface area contributed by atoms with Crippen LogP contribution < -0.4 is 11.1 Å². The van der Waals surface area contributed by atoms with Gasteiger partial charge in [0.1, 0.15) is 0 Å². The highest BCUT2D eigenvalue weighted by Gasteiger charge is 2.08. The van der Waals surface area contributed by atoms with E-state index >= 15 is 0 Å². The Morgan fingerprint density at radius 3 is 2.71 bits per heavy atom. The van der Waals surface area contributed by atoms with Crippen LogP contribution in [-0.2, 0) is 4.79 Å². The molecule has 0 radical (unpaired) electrons. The molecule has 3 N–H and O–H groups in total. The highest BCUT2D eigenvalue weighted by Crippen LogP contribution is 2.22. The van der Waals surface area contributed by atoms with E-state index in [4.69, 9.17) is 5.73 Å². The third kappa shape index (κ3) is 2.57. The summed E-state index contributed by atoms with van der Waals surface area (Å²) in [6.07, 6.45) is 0.858. The Bertz CT molecular complexity index is 323. The van der Waals surface area contributed by atoms with Crippen LogP contribution in [-0.4, -0.2) is 5.91 Å². The second-order valence-corrected chi connectivity index (χ2v) is 3.28. The van der Waals surface area contributed by atoms with Crippen molar-refractivity contribution >= 4 is 11.6 Å². The van der Waals surface area contributed by atoms with Crippen molar-refractivity contribution in [3.05, 3.63) is 29.8 Å².